The van der Waals surface area contributed by atoms with Crippen LogP contribution in [0.15, 0.2) is 17.1 Å². The fourth-order valence-corrected chi connectivity index (χ4v) is 2.97. The van der Waals surface area contributed by atoms with E-state index in [9.17, 15) is 9.59 Å². The Balaban J connectivity index is 2.41. The van der Waals surface area contributed by atoms with Gasteiger partial charge in [0.15, 0.2) is 5.43 Å². The van der Waals surface area contributed by atoms with Crippen LogP contribution in [0.3, 0.4) is 0 Å². The highest BCUT2D eigenvalue weighted by atomic mass is 16.5. The van der Waals surface area contributed by atoms with E-state index < -0.39 is 5.97 Å². The third kappa shape index (κ3) is 3.26. The zero-order chi connectivity index (χ0) is 15.4. The first kappa shape index (κ1) is 15.5. The SMILES string of the molecule is CCCC1C=C(C)c2[nH]cc(C(=O)OCC)c(=O)c2CC1. The van der Waals surface area contributed by atoms with E-state index in [1.54, 1.807) is 6.92 Å². The van der Waals surface area contributed by atoms with Gasteiger partial charge in [-0.2, -0.15) is 0 Å². The maximum absolute atomic E-state index is 12.5. The van der Waals surface area contributed by atoms with Crippen molar-refractivity contribution in [2.75, 3.05) is 6.61 Å². The lowest BCUT2D eigenvalue weighted by molar-refractivity contribution is 0.0524. The van der Waals surface area contributed by atoms with Gasteiger partial charge in [-0.1, -0.05) is 19.4 Å². The van der Waals surface area contributed by atoms with Crippen molar-refractivity contribution in [3.8, 4) is 0 Å². The number of nitrogens with one attached hydrogen (secondary N) is 1. The average molecular weight is 289 g/mol. The summed E-state index contributed by atoms with van der Waals surface area (Å²) in [5.74, 6) is -0.0428. The number of ether oxygens (including phenoxy) is 1. The van der Waals surface area contributed by atoms with E-state index in [4.69, 9.17) is 4.74 Å². The van der Waals surface area contributed by atoms with Gasteiger partial charge < -0.3 is 9.72 Å². The van der Waals surface area contributed by atoms with Crippen LogP contribution < -0.4 is 5.43 Å². The normalized spacial score (nSPS) is 17.7. The molecule has 1 unspecified atom stereocenters. The highest BCUT2D eigenvalue weighted by molar-refractivity contribution is 5.89. The molecule has 1 aliphatic carbocycles. The minimum Gasteiger partial charge on any atom is -0.462 e. The zero-order valence-electron chi connectivity index (χ0n) is 13.0. The number of aromatic nitrogens is 1. The summed E-state index contributed by atoms with van der Waals surface area (Å²) < 4.78 is 4.94. The molecule has 0 bridgehead atoms. The molecule has 1 aliphatic rings. The summed E-state index contributed by atoms with van der Waals surface area (Å²) in [7, 11) is 0. The molecule has 1 atom stereocenters. The summed E-state index contributed by atoms with van der Waals surface area (Å²) in [4.78, 5) is 27.5. The van der Waals surface area contributed by atoms with E-state index in [0.717, 1.165) is 30.5 Å². The van der Waals surface area contributed by atoms with Gasteiger partial charge in [0, 0.05) is 17.5 Å². The Kier molecular flexibility index (Phi) is 4.99. The highest BCUT2D eigenvalue weighted by Gasteiger charge is 2.21. The van der Waals surface area contributed by atoms with Crippen molar-refractivity contribution in [2.45, 2.75) is 46.5 Å². The fraction of sp³-hybridized carbons (Fsp3) is 0.529. The van der Waals surface area contributed by atoms with Crippen molar-refractivity contribution < 1.29 is 9.53 Å². The predicted molar refractivity (Wildman–Crippen MR) is 83.4 cm³/mol. The molecule has 0 spiro atoms. The Morgan fingerprint density at radius 2 is 2.19 bits per heavy atom. The molecule has 0 saturated carbocycles. The largest absolute Gasteiger partial charge is 0.462 e. The van der Waals surface area contributed by atoms with Gasteiger partial charge in [0.25, 0.3) is 0 Å². The average Bonchev–Trinajstić information content (AvgIpc) is 2.60. The summed E-state index contributed by atoms with van der Waals surface area (Å²) in [6.07, 6.45) is 7.65. The summed E-state index contributed by atoms with van der Waals surface area (Å²) in [5.41, 5.74) is 2.59. The van der Waals surface area contributed by atoms with Gasteiger partial charge in [0.05, 0.1) is 6.61 Å². The van der Waals surface area contributed by atoms with Gasteiger partial charge in [-0.25, -0.2) is 4.79 Å². The molecule has 0 fully saturated rings. The lowest BCUT2D eigenvalue weighted by Crippen LogP contribution is -2.23. The standard InChI is InChI=1S/C17H23NO3/c1-4-6-12-7-8-13-15(11(3)9-12)18-10-14(16(13)19)17(20)21-5-2/h9-10,12H,4-8H2,1-3H3,(H,18,19). The molecule has 0 aromatic carbocycles. The van der Waals surface area contributed by atoms with E-state index >= 15 is 0 Å². The first-order valence-electron chi connectivity index (χ1n) is 7.68. The van der Waals surface area contributed by atoms with Crippen molar-refractivity contribution in [1.82, 2.24) is 4.98 Å². The smallest absolute Gasteiger partial charge is 0.343 e. The Bertz CT molecular complexity index is 613. The minimum atomic E-state index is -0.544. The van der Waals surface area contributed by atoms with Crippen LogP contribution in [0.5, 0.6) is 0 Å². The van der Waals surface area contributed by atoms with E-state index in [0.29, 0.717) is 17.9 Å². The lowest BCUT2D eigenvalue weighted by atomic mass is 9.97. The molecule has 114 valence electrons. The number of hydrogen-bond acceptors (Lipinski definition) is 3. The monoisotopic (exact) mass is 289 g/mol. The molecule has 4 heteroatoms. The van der Waals surface area contributed by atoms with Crippen LogP contribution in [0.1, 0.15) is 61.6 Å². The molecule has 2 rings (SSSR count). The molecule has 1 N–H and O–H groups in total. The number of carbonyl (C=O) groups excluding carboxylic acids is 1. The molecule has 0 aliphatic heterocycles. The molecule has 1 heterocycles. The number of esters is 1. The van der Waals surface area contributed by atoms with Gasteiger partial charge in [-0.3, -0.25) is 4.79 Å². The number of H-pyrrole nitrogens is 1. The van der Waals surface area contributed by atoms with Gasteiger partial charge in [0.2, 0.25) is 0 Å². The van der Waals surface area contributed by atoms with Crippen LogP contribution in [-0.4, -0.2) is 17.6 Å². The van der Waals surface area contributed by atoms with Gasteiger partial charge in [0.1, 0.15) is 5.56 Å². The topological polar surface area (TPSA) is 59.2 Å². The van der Waals surface area contributed by atoms with Crippen molar-refractivity contribution in [2.24, 2.45) is 5.92 Å². The zero-order valence-corrected chi connectivity index (χ0v) is 13.0. The molecule has 1 aromatic heterocycles. The van der Waals surface area contributed by atoms with E-state index in [1.165, 1.54) is 6.20 Å². The molecule has 0 amide bonds. The summed E-state index contributed by atoms with van der Waals surface area (Å²) in [5, 5.41) is 0. The quantitative estimate of drug-likeness (QED) is 0.865. The van der Waals surface area contributed by atoms with Crippen molar-refractivity contribution in [1.29, 1.82) is 0 Å². The second-order valence-corrected chi connectivity index (χ2v) is 5.54. The lowest BCUT2D eigenvalue weighted by Gasteiger charge is -2.09. The maximum atomic E-state index is 12.5. The molecule has 1 aromatic rings. The fourth-order valence-electron chi connectivity index (χ4n) is 2.97. The first-order valence-corrected chi connectivity index (χ1v) is 7.68. The van der Waals surface area contributed by atoms with Gasteiger partial charge >= 0.3 is 5.97 Å². The van der Waals surface area contributed by atoms with Crippen LogP contribution in [0, 0.1) is 5.92 Å². The number of rotatable bonds is 4. The minimum absolute atomic E-state index is 0.109. The number of aromatic amines is 1. The Hall–Kier alpha value is -1.84. The van der Waals surface area contributed by atoms with Crippen LogP contribution in [0.25, 0.3) is 5.57 Å². The number of hydrogen-bond donors (Lipinski definition) is 1. The van der Waals surface area contributed by atoms with E-state index in [2.05, 4.69) is 18.0 Å². The Morgan fingerprint density at radius 3 is 2.86 bits per heavy atom. The van der Waals surface area contributed by atoms with Crippen molar-refractivity contribution in [3.05, 3.63) is 39.3 Å². The number of allylic oxidation sites excluding steroid dienone is 2. The second kappa shape index (κ2) is 6.74. The highest BCUT2D eigenvalue weighted by Crippen LogP contribution is 2.27. The Morgan fingerprint density at radius 1 is 1.43 bits per heavy atom. The second-order valence-electron chi connectivity index (χ2n) is 5.54. The molecular weight excluding hydrogens is 266 g/mol. The number of fused-ring (bicyclic) bond motifs is 1. The molecule has 21 heavy (non-hydrogen) atoms. The van der Waals surface area contributed by atoms with Crippen LogP contribution in [-0.2, 0) is 11.2 Å². The van der Waals surface area contributed by atoms with Crippen molar-refractivity contribution >= 4 is 11.5 Å². The van der Waals surface area contributed by atoms with Gasteiger partial charge in [-0.05, 0) is 44.6 Å². The summed E-state index contributed by atoms with van der Waals surface area (Å²) in [6, 6.07) is 0. The van der Waals surface area contributed by atoms with Gasteiger partial charge in [-0.15, -0.1) is 0 Å². The van der Waals surface area contributed by atoms with Crippen molar-refractivity contribution in [3.63, 3.8) is 0 Å². The Labute approximate surface area is 125 Å². The third-order valence-corrected chi connectivity index (χ3v) is 3.98. The van der Waals surface area contributed by atoms with Crippen LogP contribution in [0.2, 0.25) is 0 Å². The molecule has 4 nitrogen and oxygen atoms in total. The predicted octanol–water partition coefficient (Wildman–Crippen LogP) is 3.32. The summed E-state index contributed by atoms with van der Waals surface area (Å²) in [6.45, 7) is 6.20. The number of carbonyl (C=O) groups is 1. The number of pyridine rings is 1. The van der Waals surface area contributed by atoms with E-state index in [-0.39, 0.29) is 17.6 Å². The molecule has 0 radical (unpaired) electrons. The first-order chi connectivity index (χ1) is 10.1. The third-order valence-electron chi connectivity index (χ3n) is 3.98. The van der Waals surface area contributed by atoms with Crippen LogP contribution >= 0.6 is 0 Å². The van der Waals surface area contributed by atoms with Crippen LogP contribution in [0.4, 0.5) is 0 Å². The summed E-state index contributed by atoms with van der Waals surface area (Å²) >= 11 is 0. The van der Waals surface area contributed by atoms with E-state index in [1.807, 2.05) is 6.92 Å². The molecule has 0 saturated heterocycles. The molecular formula is C17H23NO3. The maximum Gasteiger partial charge on any atom is 0.343 e.